The van der Waals surface area contributed by atoms with Crippen LogP contribution in [0.1, 0.15) is 39.3 Å². The molecule has 0 heterocycles. The maximum atomic E-state index is 5.91. The third-order valence-electron chi connectivity index (χ3n) is 4.41. The van der Waals surface area contributed by atoms with Crippen LogP contribution in [0.3, 0.4) is 0 Å². The van der Waals surface area contributed by atoms with Crippen molar-refractivity contribution in [1.29, 1.82) is 0 Å². The van der Waals surface area contributed by atoms with Crippen LogP contribution in [0.15, 0.2) is 42.5 Å². The Balaban J connectivity index is 2.34. The van der Waals surface area contributed by atoms with Crippen molar-refractivity contribution in [3.63, 3.8) is 0 Å². The van der Waals surface area contributed by atoms with Crippen molar-refractivity contribution in [3.05, 3.63) is 48.0 Å². The lowest BCUT2D eigenvalue weighted by molar-refractivity contribution is 0.148. The van der Waals surface area contributed by atoms with Crippen molar-refractivity contribution in [3.8, 4) is 0 Å². The Morgan fingerprint density at radius 1 is 1.10 bits per heavy atom. The van der Waals surface area contributed by atoms with E-state index >= 15 is 0 Å². The maximum absolute atomic E-state index is 5.91. The SMILES string of the molecule is CCN(CC(C)(C)CN)C(C)c1cccc2ccccc12. The van der Waals surface area contributed by atoms with Crippen LogP contribution in [0, 0.1) is 5.41 Å². The second kappa shape index (κ2) is 6.59. The number of nitrogens with zero attached hydrogens (tertiary/aromatic N) is 1. The van der Waals surface area contributed by atoms with Gasteiger partial charge in [0, 0.05) is 12.6 Å². The van der Waals surface area contributed by atoms with E-state index in [0.717, 1.165) is 13.1 Å². The van der Waals surface area contributed by atoms with Gasteiger partial charge in [-0.3, -0.25) is 4.90 Å². The fourth-order valence-electron chi connectivity index (χ4n) is 2.95. The third-order valence-corrected chi connectivity index (χ3v) is 4.41. The van der Waals surface area contributed by atoms with Crippen molar-refractivity contribution in [1.82, 2.24) is 4.90 Å². The molecule has 0 bridgehead atoms. The molecular formula is C19H28N2. The first-order valence-corrected chi connectivity index (χ1v) is 7.90. The first-order chi connectivity index (χ1) is 9.98. The standard InChI is InChI=1S/C19H28N2/c1-5-21(14-19(3,4)13-20)15(2)17-12-8-10-16-9-6-7-11-18(16)17/h6-12,15H,5,13-14,20H2,1-4H3. The zero-order chi connectivity index (χ0) is 15.5. The van der Waals surface area contributed by atoms with E-state index in [9.17, 15) is 0 Å². The summed E-state index contributed by atoms with van der Waals surface area (Å²) in [6.07, 6.45) is 0. The van der Waals surface area contributed by atoms with E-state index in [1.54, 1.807) is 0 Å². The van der Waals surface area contributed by atoms with Crippen molar-refractivity contribution >= 4 is 10.8 Å². The number of rotatable bonds is 6. The fourth-order valence-corrected chi connectivity index (χ4v) is 2.95. The van der Waals surface area contributed by atoms with Crippen LogP contribution in [0.2, 0.25) is 0 Å². The second-order valence-electron chi connectivity index (χ2n) is 6.68. The molecule has 0 aliphatic heterocycles. The monoisotopic (exact) mass is 284 g/mol. The molecule has 0 spiro atoms. The van der Waals surface area contributed by atoms with Gasteiger partial charge >= 0.3 is 0 Å². The molecule has 2 nitrogen and oxygen atoms in total. The molecular weight excluding hydrogens is 256 g/mol. The lowest BCUT2D eigenvalue weighted by atomic mass is 9.91. The van der Waals surface area contributed by atoms with Crippen LogP contribution in [0.5, 0.6) is 0 Å². The zero-order valence-electron chi connectivity index (χ0n) is 13.8. The van der Waals surface area contributed by atoms with Crippen LogP contribution >= 0.6 is 0 Å². The highest BCUT2D eigenvalue weighted by Gasteiger charge is 2.24. The Morgan fingerprint density at radius 2 is 1.76 bits per heavy atom. The van der Waals surface area contributed by atoms with Crippen LogP contribution < -0.4 is 5.73 Å². The first-order valence-electron chi connectivity index (χ1n) is 7.90. The molecule has 0 amide bonds. The molecule has 2 aromatic rings. The molecule has 0 radical (unpaired) electrons. The summed E-state index contributed by atoms with van der Waals surface area (Å²) in [4.78, 5) is 2.52. The summed E-state index contributed by atoms with van der Waals surface area (Å²) in [6.45, 7) is 11.8. The minimum Gasteiger partial charge on any atom is -0.330 e. The number of hydrogen-bond acceptors (Lipinski definition) is 2. The van der Waals surface area contributed by atoms with Gasteiger partial charge < -0.3 is 5.73 Å². The molecule has 1 atom stereocenters. The van der Waals surface area contributed by atoms with E-state index in [2.05, 4.69) is 75.1 Å². The van der Waals surface area contributed by atoms with Crippen molar-refractivity contribution in [2.24, 2.45) is 11.1 Å². The molecule has 0 aromatic heterocycles. The summed E-state index contributed by atoms with van der Waals surface area (Å²) in [5, 5.41) is 2.67. The number of fused-ring (bicyclic) bond motifs is 1. The summed E-state index contributed by atoms with van der Waals surface area (Å²) >= 11 is 0. The number of nitrogens with two attached hydrogens (primary N) is 1. The summed E-state index contributed by atoms with van der Waals surface area (Å²) < 4.78 is 0. The molecule has 2 rings (SSSR count). The predicted molar refractivity (Wildman–Crippen MR) is 92.4 cm³/mol. The smallest absolute Gasteiger partial charge is 0.0326 e. The normalized spacial score (nSPS) is 13.8. The van der Waals surface area contributed by atoms with E-state index in [1.165, 1.54) is 16.3 Å². The van der Waals surface area contributed by atoms with E-state index in [4.69, 9.17) is 5.73 Å². The first kappa shape index (κ1) is 16.0. The van der Waals surface area contributed by atoms with Crippen LogP contribution in [-0.4, -0.2) is 24.5 Å². The van der Waals surface area contributed by atoms with Crippen molar-refractivity contribution < 1.29 is 0 Å². The molecule has 2 aromatic carbocycles. The van der Waals surface area contributed by atoms with Gasteiger partial charge in [0.05, 0.1) is 0 Å². The van der Waals surface area contributed by atoms with Gasteiger partial charge in [-0.1, -0.05) is 63.2 Å². The van der Waals surface area contributed by atoms with Crippen LogP contribution in [-0.2, 0) is 0 Å². The summed E-state index contributed by atoms with van der Waals surface area (Å²) in [5.74, 6) is 0. The van der Waals surface area contributed by atoms with Gasteiger partial charge in [-0.25, -0.2) is 0 Å². The highest BCUT2D eigenvalue weighted by Crippen LogP contribution is 2.30. The Morgan fingerprint density at radius 3 is 2.43 bits per heavy atom. The molecule has 0 aliphatic carbocycles. The summed E-state index contributed by atoms with van der Waals surface area (Å²) in [6, 6.07) is 15.6. The quantitative estimate of drug-likeness (QED) is 0.861. The van der Waals surface area contributed by atoms with Gasteiger partial charge in [-0.15, -0.1) is 0 Å². The minimum atomic E-state index is 0.148. The Labute approximate surface area is 128 Å². The van der Waals surface area contributed by atoms with Gasteiger partial charge in [0.1, 0.15) is 0 Å². The average Bonchev–Trinajstić information content (AvgIpc) is 2.51. The fraction of sp³-hybridized carbons (Fsp3) is 0.474. The Kier molecular flexibility index (Phi) is 5.02. The molecule has 0 saturated carbocycles. The van der Waals surface area contributed by atoms with Gasteiger partial charge in [-0.2, -0.15) is 0 Å². The van der Waals surface area contributed by atoms with Crippen LogP contribution in [0.4, 0.5) is 0 Å². The lowest BCUT2D eigenvalue weighted by Gasteiger charge is -2.35. The molecule has 0 aliphatic rings. The molecule has 2 N–H and O–H groups in total. The number of hydrogen-bond donors (Lipinski definition) is 1. The molecule has 0 saturated heterocycles. The van der Waals surface area contributed by atoms with Gasteiger partial charge in [-0.05, 0) is 41.8 Å². The topological polar surface area (TPSA) is 29.3 Å². The summed E-state index contributed by atoms with van der Waals surface area (Å²) in [7, 11) is 0. The van der Waals surface area contributed by atoms with E-state index in [-0.39, 0.29) is 5.41 Å². The van der Waals surface area contributed by atoms with E-state index < -0.39 is 0 Å². The Bertz CT molecular complexity index is 584. The van der Waals surface area contributed by atoms with Gasteiger partial charge in [0.15, 0.2) is 0 Å². The summed E-state index contributed by atoms with van der Waals surface area (Å²) in [5.41, 5.74) is 7.47. The van der Waals surface area contributed by atoms with Crippen molar-refractivity contribution in [2.75, 3.05) is 19.6 Å². The predicted octanol–water partition coefficient (Wildman–Crippen LogP) is 4.21. The lowest BCUT2D eigenvalue weighted by Crippen LogP contribution is -2.40. The maximum Gasteiger partial charge on any atom is 0.0326 e. The number of benzene rings is 2. The van der Waals surface area contributed by atoms with Gasteiger partial charge in [0.2, 0.25) is 0 Å². The van der Waals surface area contributed by atoms with Crippen LogP contribution in [0.25, 0.3) is 10.8 Å². The highest BCUT2D eigenvalue weighted by atomic mass is 15.2. The molecule has 0 fully saturated rings. The second-order valence-corrected chi connectivity index (χ2v) is 6.68. The van der Waals surface area contributed by atoms with E-state index in [1.807, 2.05) is 0 Å². The highest BCUT2D eigenvalue weighted by molar-refractivity contribution is 5.86. The molecule has 1 unspecified atom stereocenters. The third kappa shape index (κ3) is 3.63. The van der Waals surface area contributed by atoms with E-state index in [0.29, 0.717) is 12.6 Å². The average molecular weight is 284 g/mol. The molecule has 114 valence electrons. The van der Waals surface area contributed by atoms with Gasteiger partial charge in [0.25, 0.3) is 0 Å². The van der Waals surface area contributed by atoms with Crippen molar-refractivity contribution in [2.45, 2.75) is 33.7 Å². The Hall–Kier alpha value is -1.38. The molecule has 21 heavy (non-hydrogen) atoms. The zero-order valence-corrected chi connectivity index (χ0v) is 13.8. The largest absolute Gasteiger partial charge is 0.330 e. The molecule has 2 heteroatoms. The minimum absolute atomic E-state index is 0.148.